The highest BCUT2D eigenvalue weighted by atomic mass is 19.4. The highest BCUT2D eigenvalue weighted by Crippen LogP contribution is 2.29. The molecule has 13 heteroatoms. The average molecular weight is 583 g/mol. The fourth-order valence-corrected chi connectivity index (χ4v) is 4.85. The number of piperidine rings is 1. The molecular weight excluding hydrogens is 553 g/mol. The molecule has 2 fully saturated rings. The van der Waals surface area contributed by atoms with Crippen LogP contribution in [0.5, 0.6) is 5.75 Å². The van der Waals surface area contributed by atoms with Gasteiger partial charge in [-0.05, 0) is 48.5 Å². The number of hydrogen-bond acceptors (Lipinski definition) is 9. The molecular formula is C29H29F3N6O4. The van der Waals surface area contributed by atoms with Crippen molar-refractivity contribution < 1.29 is 32.5 Å². The lowest BCUT2D eigenvalue weighted by Gasteiger charge is -2.33. The summed E-state index contributed by atoms with van der Waals surface area (Å²) in [5, 5.41) is 22.2. The Balaban J connectivity index is 1.21. The van der Waals surface area contributed by atoms with E-state index in [1.165, 1.54) is 0 Å². The zero-order valence-corrected chi connectivity index (χ0v) is 22.5. The SMILES string of the molecule is N#Cc1cc(-c2ccnc(Nc3ccc(N4CCOCC4)cc3)n2)ccc1OC1CCN(C(=O)[C@H](O)C(F)(F)F)CC1. The van der Waals surface area contributed by atoms with Crippen molar-refractivity contribution in [3.8, 4) is 23.1 Å². The number of morpholine rings is 1. The average Bonchev–Trinajstić information content (AvgIpc) is 3.01. The predicted molar refractivity (Wildman–Crippen MR) is 147 cm³/mol. The number of aliphatic hydroxyl groups excluding tert-OH is 1. The minimum Gasteiger partial charge on any atom is -0.489 e. The first-order valence-electron chi connectivity index (χ1n) is 13.5. The minimum absolute atomic E-state index is 0.00324. The molecule has 0 radical (unpaired) electrons. The number of hydrogen-bond donors (Lipinski definition) is 2. The van der Waals surface area contributed by atoms with Gasteiger partial charge in [-0.2, -0.15) is 18.4 Å². The second-order valence-corrected chi connectivity index (χ2v) is 9.95. The van der Waals surface area contributed by atoms with E-state index in [0.29, 0.717) is 36.2 Å². The summed E-state index contributed by atoms with van der Waals surface area (Å²) in [6, 6.07) is 16.9. The topological polar surface area (TPSA) is 124 Å². The number of anilines is 3. The summed E-state index contributed by atoms with van der Waals surface area (Å²) in [6.45, 7) is 3.13. The molecule has 2 saturated heterocycles. The van der Waals surface area contributed by atoms with Gasteiger partial charge < -0.3 is 29.7 Å². The number of aromatic nitrogens is 2. The van der Waals surface area contributed by atoms with E-state index in [4.69, 9.17) is 9.47 Å². The Bertz CT molecular complexity index is 1430. The van der Waals surface area contributed by atoms with Crippen LogP contribution < -0.4 is 15.0 Å². The number of nitriles is 1. The van der Waals surface area contributed by atoms with E-state index in [0.717, 1.165) is 29.4 Å². The van der Waals surface area contributed by atoms with Crippen LogP contribution >= 0.6 is 0 Å². The zero-order chi connectivity index (χ0) is 29.7. The molecule has 10 nitrogen and oxygen atoms in total. The lowest BCUT2D eigenvalue weighted by molar-refractivity contribution is -0.211. The lowest BCUT2D eigenvalue weighted by Crippen LogP contribution is -2.50. The van der Waals surface area contributed by atoms with Gasteiger partial charge in [0.25, 0.3) is 5.91 Å². The number of likely N-dealkylation sites (tertiary alicyclic amines) is 1. The lowest BCUT2D eigenvalue weighted by atomic mass is 10.1. The largest absolute Gasteiger partial charge is 0.489 e. The number of amides is 1. The molecule has 2 N–H and O–H groups in total. The Morgan fingerprint density at radius 1 is 1.10 bits per heavy atom. The van der Waals surface area contributed by atoms with E-state index in [1.54, 1.807) is 30.5 Å². The van der Waals surface area contributed by atoms with Crippen molar-refractivity contribution in [1.82, 2.24) is 14.9 Å². The first kappa shape index (κ1) is 29.1. The van der Waals surface area contributed by atoms with E-state index in [1.807, 2.05) is 24.3 Å². The number of nitrogens with one attached hydrogen (secondary N) is 1. The van der Waals surface area contributed by atoms with Gasteiger partial charge in [-0.3, -0.25) is 4.79 Å². The number of halogens is 3. The molecule has 0 unspecified atom stereocenters. The molecule has 3 heterocycles. The second-order valence-electron chi connectivity index (χ2n) is 9.95. The summed E-state index contributed by atoms with van der Waals surface area (Å²) in [7, 11) is 0. The fourth-order valence-electron chi connectivity index (χ4n) is 4.85. The maximum atomic E-state index is 12.7. The molecule has 2 aliphatic heterocycles. The minimum atomic E-state index is -5.01. The number of benzene rings is 2. The van der Waals surface area contributed by atoms with Crippen LogP contribution in [0.15, 0.2) is 54.7 Å². The molecule has 2 aromatic carbocycles. The fraction of sp³-hybridized carbons (Fsp3) is 0.379. The second kappa shape index (κ2) is 12.6. The van der Waals surface area contributed by atoms with Crippen LogP contribution in [0.1, 0.15) is 18.4 Å². The van der Waals surface area contributed by atoms with Crippen molar-refractivity contribution in [3.05, 3.63) is 60.3 Å². The first-order valence-corrected chi connectivity index (χ1v) is 13.5. The van der Waals surface area contributed by atoms with Gasteiger partial charge in [-0.25, -0.2) is 9.97 Å². The van der Waals surface area contributed by atoms with Gasteiger partial charge in [0.2, 0.25) is 12.1 Å². The van der Waals surface area contributed by atoms with E-state index in [-0.39, 0.29) is 31.5 Å². The maximum Gasteiger partial charge on any atom is 0.423 e. The summed E-state index contributed by atoms with van der Waals surface area (Å²) in [5.41, 5.74) is 3.48. The molecule has 0 spiro atoms. The first-order chi connectivity index (χ1) is 20.2. The standard InChI is InChI=1S/C29H29F3N6O4/c30-29(31,32)26(39)27(40)38-11-8-23(9-12-38)42-25-6-1-19(17-20(25)18-33)24-7-10-34-28(36-24)35-21-2-4-22(5-3-21)37-13-15-41-16-14-37/h1-7,10,17,23,26,39H,8-9,11-16H2,(H,34,35,36)/t26-/m0/s1. The van der Waals surface area contributed by atoms with Crippen molar-refractivity contribution in [1.29, 1.82) is 5.26 Å². The molecule has 1 aromatic heterocycles. The number of carbonyl (C=O) groups excluding carboxylic acids is 1. The Hall–Kier alpha value is -4.41. The highest BCUT2D eigenvalue weighted by molar-refractivity contribution is 5.81. The molecule has 220 valence electrons. The normalized spacial score (nSPS) is 16.9. The quantitative estimate of drug-likeness (QED) is 0.427. The van der Waals surface area contributed by atoms with Gasteiger partial charge in [-0.1, -0.05) is 0 Å². The van der Waals surface area contributed by atoms with Crippen LogP contribution in [0, 0.1) is 11.3 Å². The van der Waals surface area contributed by atoms with E-state index in [2.05, 4.69) is 26.3 Å². The van der Waals surface area contributed by atoms with Crippen molar-refractivity contribution in [3.63, 3.8) is 0 Å². The molecule has 1 amide bonds. The van der Waals surface area contributed by atoms with Gasteiger partial charge in [0.1, 0.15) is 17.9 Å². The van der Waals surface area contributed by atoms with Gasteiger partial charge >= 0.3 is 6.18 Å². The van der Waals surface area contributed by atoms with Gasteiger partial charge in [0.05, 0.1) is 24.5 Å². The van der Waals surface area contributed by atoms with Gasteiger partial charge in [0, 0.05) is 62.2 Å². The summed E-state index contributed by atoms with van der Waals surface area (Å²) in [4.78, 5) is 24.1. The van der Waals surface area contributed by atoms with E-state index < -0.39 is 24.3 Å². The number of alkyl halides is 3. The molecule has 1 atom stereocenters. The molecule has 5 rings (SSSR count). The molecule has 0 bridgehead atoms. The Morgan fingerprint density at radius 3 is 2.48 bits per heavy atom. The van der Waals surface area contributed by atoms with Crippen LogP contribution in [0.25, 0.3) is 11.3 Å². The zero-order valence-electron chi connectivity index (χ0n) is 22.5. The van der Waals surface area contributed by atoms with Crippen molar-refractivity contribution in [2.24, 2.45) is 0 Å². The van der Waals surface area contributed by atoms with Crippen molar-refractivity contribution in [2.75, 3.05) is 49.6 Å². The molecule has 0 aliphatic carbocycles. The van der Waals surface area contributed by atoms with E-state index in [9.17, 15) is 28.3 Å². The molecule has 42 heavy (non-hydrogen) atoms. The van der Waals surface area contributed by atoms with Crippen LogP contribution in [0.4, 0.5) is 30.5 Å². The van der Waals surface area contributed by atoms with Crippen LogP contribution in [0.2, 0.25) is 0 Å². The monoisotopic (exact) mass is 582 g/mol. The third kappa shape index (κ3) is 6.89. The van der Waals surface area contributed by atoms with E-state index >= 15 is 0 Å². The van der Waals surface area contributed by atoms with Crippen molar-refractivity contribution >= 4 is 23.2 Å². The number of ether oxygens (including phenoxy) is 2. The number of rotatable bonds is 7. The van der Waals surface area contributed by atoms with Gasteiger partial charge in [-0.15, -0.1) is 0 Å². The summed E-state index contributed by atoms with van der Waals surface area (Å²) in [6.07, 6.45) is -6.31. The smallest absolute Gasteiger partial charge is 0.423 e. The summed E-state index contributed by atoms with van der Waals surface area (Å²) < 4.78 is 49.4. The molecule has 3 aromatic rings. The number of nitrogens with zero attached hydrogens (tertiary/aromatic N) is 5. The highest BCUT2D eigenvalue weighted by Gasteiger charge is 2.46. The van der Waals surface area contributed by atoms with Gasteiger partial charge in [0.15, 0.2) is 0 Å². The van der Waals surface area contributed by atoms with Crippen LogP contribution in [-0.4, -0.2) is 83.7 Å². The van der Waals surface area contributed by atoms with Crippen LogP contribution in [0.3, 0.4) is 0 Å². The summed E-state index contributed by atoms with van der Waals surface area (Å²) in [5.74, 6) is -0.650. The van der Waals surface area contributed by atoms with Crippen molar-refractivity contribution in [2.45, 2.75) is 31.2 Å². The maximum absolute atomic E-state index is 12.7. The Morgan fingerprint density at radius 2 is 1.81 bits per heavy atom. The molecule has 0 saturated carbocycles. The third-order valence-corrected chi connectivity index (χ3v) is 7.14. The Kier molecular flexibility index (Phi) is 8.75. The van der Waals surface area contributed by atoms with Crippen LogP contribution in [-0.2, 0) is 9.53 Å². The summed E-state index contributed by atoms with van der Waals surface area (Å²) >= 11 is 0. The third-order valence-electron chi connectivity index (χ3n) is 7.14. The number of aliphatic hydroxyl groups is 1. The Labute approximate surface area is 240 Å². The number of carbonyl (C=O) groups is 1. The molecule has 2 aliphatic rings. The predicted octanol–water partition coefficient (Wildman–Crippen LogP) is 3.89.